The van der Waals surface area contributed by atoms with E-state index >= 15 is 0 Å². The fraction of sp³-hybridized carbons (Fsp3) is 0.412. The first kappa shape index (κ1) is 32.7. The lowest BCUT2D eigenvalue weighted by Crippen LogP contribution is -2.55. The van der Waals surface area contributed by atoms with Crippen LogP contribution in [0.25, 0.3) is 0 Å². The second-order valence-electron chi connectivity index (χ2n) is 11.7. The van der Waals surface area contributed by atoms with Crippen molar-refractivity contribution < 1.29 is 18.0 Å². The summed E-state index contributed by atoms with van der Waals surface area (Å²) in [6.45, 7) is 3.88. The third-order valence-electron chi connectivity index (χ3n) is 8.02. The van der Waals surface area contributed by atoms with Gasteiger partial charge in [-0.15, -0.1) is 0 Å². The Balaban J connectivity index is 1.71. The molecule has 4 rings (SSSR count). The quantitative estimate of drug-likeness (QED) is 0.241. The number of amides is 2. The minimum absolute atomic E-state index is 0.0659. The highest BCUT2D eigenvalue weighted by Gasteiger charge is 2.34. The van der Waals surface area contributed by atoms with E-state index in [0.29, 0.717) is 12.1 Å². The van der Waals surface area contributed by atoms with Crippen molar-refractivity contribution in [3.05, 3.63) is 100 Å². The van der Waals surface area contributed by atoms with E-state index in [1.807, 2.05) is 66.7 Å². The molecule has 0 unspecified atom stereocenters. The predicted octanol–water partition coefficient (Wildman–Crippen LogP) is 6.43. The highest BCUT2D eigenvalue weighted by atomic mass is 79.9. The lowest BCUT2D eigenvalue weighted by Gasteiger charge is -2.35. The average molecular weight is 669 g/mol. The van der Waals surface area contributed by atoms with Crippen molar-refractivity contribution in [2.45, 2.75) is 76.9 Å². The van der Waals surface area contributed by atoms with E-state index in [-0.39, 0.29) is 24.4 Å². The highest BCUT2D eigenvalue weighted by Crippen LogP contribution is 2.24. The van der Waals surface area contributed by atoms with Crippen molar-refractivity contribution >= 4 is 43.5 Å². The SMILES string of the molecule is CC(C)c1ccc(N(CC(=O)N(Cc2ccc(Br)cc2)[C@@H](Cc2ccccc2)C(=O)NC2CCCCC2)S(C)(=O)=O)cc1. The summed E-state index contributed by atoms with van der Waals surface area (Å²) < 4.78 is 28.1. The second-order valence-corrected chi connectivity index (χ2v) is 14.5. The van der Waals surface area contributed by atoms with Gasteiger partial charge in [0.1, 0.15) is 12.6 Å². The van der Waals surface area contributed by atoms with E-state index in [1.54, 1.807) is 17.0 Å². The standard InChI is InChI=1S/C34H42BrN3O4S/c1-25(2)28-16-20-31(21-17-28)38(43(3,41)42)24-33(39)37(23-27-14-18-29(35)19-15-27)32(22-26-10-6-4-7-11-26)34(40)36-30-12-8-5-9-13-30/h4,6-7,10-11,14-21,25,30,32H,5,8-9,12-13,22-24H2,1-3H3,(H,36,40)/t32-/m0/s1. The van der Waals surface area contributed by atoms with Crippen molar-refractivity contribution in [1.29, 1.82) is 0 Å². The van der Waals surface area contributed by atoms with Gasteiger partial charge >= 0.3 is 0 Å². The van der Waals surface area contributed by atoms with Gasteiger partial charge in [0.2, 0.25) is 21.8 Å². The third kappa shape index (κ3) is 9.41. The van der Waals surface area contributed by atoms with E-state index in [9.17, 15) is 18.0 Å². The van der Waals surface area contributed by atoms with Crippen LogP contribution in [0.4, 0.5) is 5.69 Å². The molecule has 1 N–H and O–H groups in total. The van der Waals surface area contributed by atoms with Crippen LogP contribution in [-0.2, 0) is 32.6 Å². The lowest BCUT2D eigenvalue weighted by molar-refractivity contribution is -0.140. The van der Waals surface area contributed by atoms with Crippen LogP contribution in [0, 0.1) is 0 Å². The van der Waals surface area contributed by atoms with E-state index in [0.717, 1.165) is 63.8 Å². The van der Waals surface area contributed by atoms with Crippen molar-refractivity contribution in [2.24, 2.45) is 0 Å². The van der Waals surface area contributed by atoms with Gasteiger partial charge in [-0.2, -0.15) is 0 Å². The zero-order valence-corrected chi connectivity index (χ0v) is 27.6. The molecule has 7 nitrogen and oxygen atoms in total. The molecule has 0 heterocycles. The molecule has 3 aromatic rings. The number of nitrogens with zero attached hydrogens (tertiary/aromatic N) is 2. The number of benzene rings is 3. The van der Waals surface area contributed by atoms with Crippen LogP contribution < -0.4 is 9.62 Å². The third-order valence-corrected chi connectivity index (χ3v) is 9.69. The summed E-state index contributed by atoms with van der Waals surface area (Å²) in [5, 5.41) is 3.23. The van der Waals surface area contributed by atoms with Gasteiger partial charge in [-0.25, -0.2) is 8.42 Å². The molecule has 0 aliphatic heterocycles. The van der Waals surface area contributed by atoms with Crippen molar-refractivity contribution in [2.75, 3.05) is 17.1 Å². The Morgan fingerprint density at radius 1 is 0.884 bits per heavy atom. The molecule has 1 saturated carbocycles. The molecule has 43 heavy (non-hydrogen) atoms. The maximum Gasteiger partial charge on any atom is 0.244 e. The largest absolute Gasteiger partial charge is 0.352 e. The summed E-state index contributed by atoms with van der Waals surface area (Å²) >= 11 is 3.47. The van der Waals surface area contributed by atoms with Gasteiger partial charge in [0.25, 0.3) is 0 Å². The van der Waals surface area contributed by atoms with Crippen LogP contribution in [0.5, 0.6) is 0 Å². The summed E-state index contributed by atoms with van der Waals surface area (Å²) in [5.41, 5.74) is 3.24. The Labute approximate surface area is 264 Å². The number of nitrogens with one attached hydrogen (secondary N) is 1. The fourth-order valence-electron chi connectivity index (χ4n) is 5.52. The van der Waals surface area contributed by atoms with Gasteiger partial charge in [-0.3, -0.25) is 13.9 Å². The summed E-state index contributed by atoms with van der Waals surface area (Å²) in [7, 11) is -3.81. The Hall–Kier alpha value is -3.17. The Bertz CT molecular complexity index is 1460. The molecule has 0 spiro atoms. The molecule has 1 aliphatic carbocycles. The summed E-state index contributed by atoms with van der Waals surface area (Å²) in [6, 6.07) is 23.7. The molecule has 9 heteroatoms. The molecule has 3 aromatic carbocycles. The number of sulfonamides is 1. The maximum atomic E-state index is 14.3. The Morgan fingerprint density at radius 3 is 2.09 bits per heavy atom. The summed E-state index contributed by atoms with van der Waals surface area (Å²) in [6.07, 6.45) is 6.53. The van der Waals surface area contributed by atoms with E-state index < -0.39 is 28.5 Å². The van der Waals surface area contributed by atoms with E-state index in [4.69, 9.17) is 0 Å². The number of carbonyl (C=O) groups is 2. The lowest BCUT2D eigenvalue weighted by atomic mass is 9.94. The first-order chi connectivity index (χ1) is 20.5. The predicted molar refractivity (Wildman–Crippen MR) is 176 cm³/mol. The number of hydrogen-bond donors (Lipinski definition) is 1. The van der Waals surface area contributed by atoms with Crippen LogP contribution in [-0.4, -0.2) is 50.0 Å². The number of rotatable bonds is 12. The molecule has 2 amide bonds. The summed E-state index contributed by atoms with van der Waals surface area (Å²) in [5.74, 6) is -0.375. The topological polar surface area (TPSA) is 86.8 Å². The molecule has 0 saturated heterocycles. The molecule has 0 radical (unpaired) electrons. The number of halogens is 1. The molecule has 0 bridgehead atoms. The van der Waals surface area contributed by atoms with E-state index in [1.165, 1.54) is 0 Å². The molecule has 1 aliphatic rings. The smallest absolute Gasteiger partial charge is 0.244 e. The molecule has 1 atom stereocenters. The van der Waals surface area contributed by atoms with Crippen LogP contribution in [0.3, 0.4) is 0 Å². The Morgan fingerprint density at radius 2 is 1.51 bits per heavy atom. The van der Waals surface area contributed by atoms with Gasteiger partial charge in [0.15, 0.2) is 0 Å². The van der Waals surface area contributed by atoms with Gasteiger partial charge in [0, 0.05) is 23.5 Å². The molecular weight excluding hydrogens is 626 g/mol. The van der Waals surface area contributed by atoms with Gasteiger partial charge < -0.3 is 10.2 Å². The van der Waals surface area contributed by atoms with Crippen molar-refractivity contribution in [1.82, 2.24) is 10.2 Å². The van der Waals surface area contributed by atoms with Gasteiger partial charge in [-0.05, 0) is 59.7 Å². The maximum absolute atomic E-state index is 14.3. The van der Waals surface area contributed by atoms with Crippen LogP contribution in [0.1, 0.15) is 68.6 Å². The second kappa shape index (κ2) is 15.0. The molecule has 0 aromatic heterocycles. The first-order valence-electron chi connectivity index (χ1n) is 15.0. The monoisotopic (exact) mass is 667 g/mol. The molecule has 230 valence electrons. The van der Waals surface area contributed by atoms with Gasteiger partial charge in [-0.1, -0.05) is 104 Å². The average Bonchev–Trinajstić information content (AvgIpc) is 2.99. The molecular formula is C34H42BrN3O4S. The minimum atomic E-state index is -3.81. The number of hydrogen-bond acceptors (Lipinski definition) is 4. The normalized spacial score (nSPS) is 14.7. The minimum Gasteiger partial charge on any atom is -0.352 e. The summed E-state index contributed by atoms with van der Waals surface area (Å²) in [4.78, 5) is 29.8. The van der Waals surface area contributed by atoms with Crippen LogP contribution in [0.2, 0.25) is 0 Å². The number of anilines is 1. The number of carbonyl (C=O) groups excluding carboxylic acids is 2. The van der Waals surface area contributed by atoms with Crippen molar-refractivity contribution in [3.63, 3.8) is 0 Å². The van der Waals surface area contributed by atoms with Gasteiger partial charge in [0.05, 0.1) is 11.9 Å². The first-order valence-corrected chi connectivity index (χ1v) is 17.6. The fourth-order valence-corrected chi connectivity index (χ4v) is 6.64. The van der Waals surface area contributed by atoms with E-state index in [2.05, 4.69) is 35.1 Å². The van der Waals surface area contributed by atoms with Crippen molar-refractivity contribution in [3.8, 4) is 0 Å². The van der Waals surface area contributed by atoms with Crippen LogP contribution in [0.15, 0.2) is 83.3 Å². The highest BCUT2D eigenvalue weighted by molar-refractivity contribution is 9.10. The molecule has 1 fully saturated rings. The Kier molecular flexibility index (Phi) is 11.4. The zero-order valence-electron chi connectivity index (χ0n) is 25.2. The van der Waals surface area contributed by atoms with Crippen LogP contribution >= 0.6 is 15.9 Å². The zero-order chi connectivity index (χ0) is 31.0.